The zero-order chi connectivity index (χ0) is 28.1. The van der Waals surface area contributed by atoms with Crippen molar-refractivity contribution in [3.63, 3.8) is 0 Å². The summed E-state index contributed by atoms with van der Waals surface area (Å²) >= 11 is 0. The smallest absolute Gasteiger partial charge is 0.407 e. The molecule has 2 heterocycles. The van der Waals surface area contributed by atoms with Crippen LogP contribution in [-0.4, -0.2) is 33.0 Å². The molecule has 0 aliphatic heterocycles. The summed E-state index contributed by atoms with van der Waals surface area (Å²) in [4.78, 5) is 22.5. The molecule has 3 N–H and O–H groups in total. The summed E-state index contributed by atoms with van der Waals surface area (Å²) in [6, 6.07) is 17.7. The number of imidazole rings is 1. The highest BCUT2D eigenvalue weighted by molar-refractivity contribution is 5.85. The van der Waals surface area contributed by atoms with Crippen molar-refractivity contribution in [2.75, 3.05) is 6.61 Å². The van der Waals surface area contributed by atoms with E-state index in [1.807, 2.05) is 42.7 Å². The predicted molar refractivity (Wildman–Crippen MR) is 158 cm³/mol. The van der Waals surface area contributed by atoms with Gasteiger partial charge in [-0.15, -0.1) is 12.4 Å². The number of nitrogens with zero attached hydrogens (tertiary/aromatic N) is 3. The number of halogens is 3. The van der Waals surface area contributed by atoms with Crippen LogP contribution in [0.1, 0.15) is 79.0 Å². The van der Waals surface area contributed by atoms with Crippen LogP contribution in [0.4, 0.5) is 13.6 Å². The highest BCUT2D eigenvalue weighted by Crippen LogP contribution is 2.45. The Morgan fingerprint density at radius 1 is 0.952 bits per heavy atom. The Hall–Kier alpha value is -3.56. The summed E-state index contributed by atoms with van der Waals surface area (Å²) in [6.45, 7) is 0.248. The molecule has 1 amide bonds. The Balaban J connectivity index is 0.00000316. The van der Waals surface area contributed by atoms with Crippen LogP contribution in [0.15, 0.2) is 67.0 Å². The highest BCUT2D eigenvalue weighted by Gasteiger charge is 2.38. The minimum absolute atomic E-state index is 0. The van der Waals surface area contributed by atoms with Crippen LogP contribution >= 0.6 is 12.4 Å². The maximum atomic E-state index is 13.6. The number of fused-ring (bicyclic) bond motifs is 4. The number of amides is 1. The molecule has 42 heavy (non-hydrogen) atoms. The molecule has 3 aliphatic carbocycles. The van der Waals surface area contributed by atoms with Crippen molar-refractivity contribution in [3.05, 3.63) is 89.5 Å². The minimum atomic E-state index is -2.59. The molecule has 2 aromatic heterocycles. The molecule has 220 valence electrons. The van der Waals surface area contributed by atoms with E-state index in [4.69, 9.17) is 15.5 Å². The summed E-state index contributed by atoms with van der Waals surface area (Å²) in [6.07, 6.45) is 5.72. The van der Waals surface area contributed by atoms with E-state index in [0.29, 0.717) is 24.3 Å². The van der Waals surface area contributed by atoms with Crippen molar-refractivity contribution in [3.8, 4) is 11.1 Å². The van der Waals surface area contributed by atoms with Gasteiger partial charge in [0.25, 0.3) is 0 Å². The van der Waals surface area contributed by atoms with Gasteiger partial charge >= 0.3 is 6.09 Å². The van der Waals surface area contributed by atoms with Crippen molar-refractivity contribution in [1.82, 2.24) is 19.7 Å². The molecule has 10 heteroatoms. The van der Waals surface area contributed by atoms with Crippen molar-refractivity contribution < 1.29 is 18.3 Å². The summed E-state index contributed by atoms with van der Waals surface area (Å²) in [5, 5.41) is 3.06. The van der Waals surface area contributed by atoms with E-state index >= 15 is 0 Å². The van der Waals surface area contributed by atoms with Crippen LogP contribution in [0.5, 0.6) is 0 Å². The van der Waals surface area contributed by atoms with Gasteiger partial charge in [-0.25, -0.2) is 23.5 Å². The van der Waals surface area contributed by atoms with Gasteiger partial charge in [0, 0.05) is 31.2 Å². The van der Waals surface area contributed by atoms with Gasteiger partial charge < -0.3 is 15.8 Å². The van der Waals surface area contributed by atoms with Crippen LogP contribution in [0, 0.1) is 11.8 Å². The van der Waals surface area contributed by atoms with Gasteiger partial charge in [0.2, 0.25) is 11.7 Å². The van der Waals surface area contributed by atoms with E-state index in [2.05, 4.69) is 34.6 Å². The summed E-state index contributed by atoms with van der Waals surface area (Å²) in [5.41, 5.74) is 12.5. The lowest BCUT2D eigenvalue weighted by Gasteiger charge is -2.31. The summed E-state index contributed by atoms with van der Waals surface area (Å²) in [5.74, 6) is -1.87. The minimum Gasteiger partial charge on any atom is -0.449 e. The van der Waals surface area contributed by atoms with Crippen molar-refractivity contribution in [2.24, 2.45) is 17.6 Å². The van der Waals surface area contributed by atoms with Gasteiger partial charge in [0.1, 0.15) is 6.61 Å². The van der Waals surface area contributed by atoms with Gasteiger partial charge in [0.05, 0.1) is 23.5 Å². The van der Waals surface area contributed by atoms with Crippen molar-refractivity contribution in [1.29, 1.82) is 0 Å². The van der Waals surface area contributed by atoms with Gasteiger partial charge in [-0.2, -0.15) is 0 Å². The Morgan fingerprint density at radius 3 is 2.21 bits per heavy atom. The highest BCUT2D eigenvalue weighted by atomic mass is 35.5. The average molecular weight is 594 g/mol. The molecular weight excluding hydrogens is 560 g/mol. The number of aromatic nitrogens is 3. The quantitative estimate of drug-likeness (QED) is 0.241. The fraction of sp³-hybridized carbons (Fsp3) is 0.406. The maximum absolute atomic E-state index is 13.6. The molecule has 2 fully saturated rings. The summed E-state index contributed by atoms with van der Waals surface area (Å²) in [7, 11) is 0. The molecule has 2 atom stereocenters. The number of rotatable bonds is 7. The zero-order valence-electron chi connectivity index (χ0n) is 23.1. The first kappa shape index (κ1) is 28.6. The molecule has 2 saturated carbocycles. The second-order valence-corrected chi connectivity index (χ2v) is 11.7. The number of carbonyl (C=O) groups excluding carboxylic acids is 1. The normalized spacial score (nSPS) is 19.4. The number of hydrogen-bond acceptors (Lipinski definition) is 5. The fourth-order valence-electron chi connectivity index (χ4n) is 6.53. The third kappa shape index (κ3) is 5.47. The lowest BCUT2D eigenvalue weighted by Crippen LogP contribution is -2.32. The number of benzene rings is 2. The molecule has 7 rings (SSSR count). The predicted octanol–water partition coefficient (Wildman–Crippen LogP) is 6.97. The molecule has 0 radical (unpaired) electrons. The van der Waals surface area contributed by atoms with Crippen molar-refractivity contribution in [2.45, 2.75) is 62.4 Å². The Kier molecular flexibility index (Phi) is 7.66. The SMILES string of the molecule is Cl.N[C@H](c1cn2ccc([C@H](NC(=O)OCC3c4ccccc4-c4ccccc43)C3CC3)nc2n1)C1CCC(F)(F)CC1. The molecule has 7 nitrogen and oxygen atoms in total. The second kappa shape index (κ2) is 11.3. The molecule has 0 spiro atoms. The number of alkyl carbamates (subject to hydrolysis) is 1. The Morgan fingerprint density at radius 2 is 1.57 bits per heavy atom. The van der Waals surface area contributed by atoms with Gasteiger partial charge in [0.15, 0.2) is 0 Å². The third-order valence-corrected chi connectivity index (χ3v) is 9.01. The van der Waals surface area contributed by atoms with E-state index in [-0.39, 0.29) is 55.7 Å². The lowest BCUT2D eigenvalue weighted by atomic mass is 9.81. The number of alkyl halides is 2. The molecular formula is C32H34ClF2N5O2. The number of hydrogen-bond donors (Lipinski definition) is 2. The number of ether oxygens (including phenoxy) is 1. The largest absolute Gasteiger partial charge is 0.449 e. The molecule has 3 aliphatic rings. The van der Waals surface area contributed by atoms with Crippen LogP contribution in [-0.2, 0) is 4.74 Å². The van der Waals surface area contributed by atoms with Crippen molar-refractivity contribution >= 4 is 24.3 Å². The molecule has 0 unspecified atom stereocenters. The number of nitrogens with two attached hydrogens (primary N) is 1. The van der Waals surface area contributed by atoms with E-state index in [0.717, 1.165) is 18.5 Å². The molecule has 0 saturated heterocycles. The molecule has 0 bridgehead atoms. The zero-order valence-corrected chi connectivity index (χ0v) is 23.9. The van der Waals surface area contributed by atoms with Gasteiger partial charge in [-0.1, -0.05) is 48.5 Å². The maximum Gasteiger partial charge on any atom is 0.407 e. The van der Waals surface area contributed by atoms with E-state index < -0.39 is 18.1 Å². The fourth-order valence-corrected chi connectivity index (χ4v) is 6.53. The Labute approximate surface area is 249 Å². The number of carbonyl (C=O) groups is 1. The topological polar surface area (TPSA) is 94.5 Å². The van der Waals surface area contributed by atoms with Crippen LogP contribution in [0.2, 0.25) is 0 Å². The van der Waals surface area contributed by atoms with E-state index in [9.17, 15) is 13.6 Å². The van der Waals surface area contributed by atoms with E-state index in [1.54, 1.807) is 4.40 Å². The van der Waals surface area contributed by atoms with Gasteiger partial charge in [-0.05, 0) is 65.8 Å². The van der Waals surface area contributed by atoms with E-state index in [1.165, 1.54) is 22.3 Å². The lowest BCUT2D eigenvalue weighted by molar-refractivity contribution is -0.0484. The first-order valence-electron chi connectivity index (χ1n) is 14.5. The first-order valence-corrected chi connectivity index (χ1v) is 14.5. The standard InChI is InChI=1S/C32H33F2N5O2.ClH/c33-32(34)14-11-19(12-15-32)28(35)27-17-39-16-13-26(36-30(39)37-27)29(20-9-10-20)38-31(40)41-18-25-23-7-3-1-5-21(23)22-6-2-4-8-24(22)25;/h1-8,13,16-17,19-20,25,28-29H,9-12,14-15,18,35H2,(H,38,40);1H/t28-,29+;/m0./s1. The Bertz CT molecular complexity index is 1550. The van der Waals surface area contributed by atoms with Crippen LogP contribution in [0.25, 0.3) is 16.9 Å². The number of nitrogens with one attached hydrogen (secondary N) is 1. The van der Waals surface area contributed by atoms with Gasteiger partial charge in [-0.3, -0.25) is 4.40 Å². The van der Waals surface area contributed by atoms with Crippen LogP contribution < -0.4 is 11.1 Å². The average Bonchev–Trinajstić information content (AvgIpc) is 3.65. The monoisotopic (exact) mass is 593 g/mol. The molecule has 2 aromatic carbocycles. The second-order valence-electron chi connectivity index (χ2n) is 11.7. The first-order chi connectivity index (χ1) is 19.9. The third-order valence-electron chi connectivity index (χ3n) is 9.01. The van der Waals surface area contributed by atoms with Crippen LogP contribution in [0.3, 0.4) is 0 Å². The summed E-state index contributed by atoms with van der Waals surface area (Å²) < 4.78 is 34.9. The molecule has 4 aromatic rings.